The van der Waals surface area contributed by atoms with Crippen molar-refractivity contribution < 1.29 is 9.84 Å². The van der Waals surface area contributed by atoms with Crippen molar-refractivity contribution in [1.29, 1.82) is 0 Å². The number of nitrogens with zero attached hydrogens (tertiary/aromatic N) is 2. The molecule has 0 aromatic carbocycles. The van der Waals surface area contributed by atoms with E-state index < -0.39 is 0 Å². The first-order chi connectivity index (χ1) is 5.27. The lowest BCUT2D eigenvalue weighted by Gasteiger charge is -2.02. The van der Waals surface area contributed by atoms with Gasteiger partial charge in [0.15, 0.2) is 5.75 Å². The zero-order valence-corrected chi connectivity index (χ0v) is 6.33. The highest BCUT2D eigenvalue weighted by atomic mass is 16.5. The van der Waals surface area contributed by atoms with Gasteiger partial charge in [-0.15, -0.1) is 0 Å². The summed E-state index contributed by atoms with van der Waals surface area (Å²) < 4.78 is 4.74. The predicted octanol–water partition coefficient (Wildman–Crippen LogP) is 0.232. The van der Waals surface area contributed by atoms with Crippen LogP contribution in [0, 0.1) is 0 Å². The molecule has 1 aromatic rings. The number of rotatable bonds is 2. The van der Waals surface area contributed by atoms with Gasteiger partial charge in [-0.2, -0.15) is 4.98 Å². The van der Waals surface area contributed by atoms with Gasteiger partial charge in [-0.1, -0.05) is 0 Å². The molecular formula is C6H9N3O2. The normalized spacial score (nSPS) is 9.27. The molecule has 0 aliphatic rings. The van der Waals surface area contributed by atoms with E-state index in [4.69, 9.17) is 9.84 Å². The van der Waals surface area contributed by atoms with Crippen LogP contribution in [0.15, 0.2) is 6.20 Å². The summed E-state index contributed by atoms with van der Waals surface area (Å²) in [6.07, 6.45) is 1.40. The van der Waals surface area contributed by atoms with Gasteiger partial charge in [0, 0.05) is 7.05 Å². The number of aromatic hydroxyl groups is 1. The summed E-state index contributed by atoms with van der Waals surface area (Å²) in [5, 5.41) is 11.8. The van der Waals surface area contributed by atoms with E-state index >= 15 is 0 Å². The molecule has 5 heteroatoms. The Hall–Kier alpha value is -1.52. The molecule has 1 rings (SSSR count). The number of hydrogen-bond acceptors (Lipinski definition) is 5. The van der Waals surface area contributed by atoms with E-state index in [-0.39, 0.29) is 11.6 Å². The summed E-state index contributed by atoms with van der Waals surface area (Å²) in [5.74, 6) is 0.471. The van der Waals surface area contributed by atoms with Crippen LogP contribution >= 0.6 is 0 Å². The van der Waals surface area contributed by atoms with Crippen molar-refractivity contribution in [3.8, 4) is 11.6 Å². The third-order valence-corrected chi connectivity index (χ3v) is 1.18. The van der Waals surface area contributed by atoms with Crippen LogP contribution in [0.5, 0.6) is 11.6 Å². The van der Waals surface area contributed by atoms with Gasteiger partial charge in [0.1, 0.15) is 0 Å². The number of aromatic nitrogens is 2. The van der Waals surface area contributed by atoms with Gasteiger partial charge in [-0.25, -0.2) is 4.98 Å². The monoisotopic (exact) mass is 155 g/mol. The maximum absolute atomic E-state index is 9.11. The van der Waals surface area contributed by atoms with E-state index in [2.05, 4.69) is 15.3 Å². The molecule has 2 N–H and O–H groups in total. The van der Waals surface area contributed by atoms with Crippen molar-refractivity contribution >= 4 is 5.95 Å². The lowest BCUT2D eigenvalue weighted by atomic mass is 10.6. The molecule has 11 heavy (non-hydrogen) atoms. The Bertz CT molecular complexity index is 252. The molecule has 1 aromatic heterocycles. The summed E-state index contributed by atoms with van der Waals surface area (Å²) >= 11 is 0. The number of nitrogens with one attached hydrogen (secondary N) is 1. The standard InChI is InChI=1S/C6H9N3O2/c1-7-6-8-3-4(11-2)5(10)9-6/h3H,1-2H3,(H2,7,8,9,10). The van der Waals surface area contributed by atoms with Crippen molar-refractivity contribution in [3.63, 3.8) is 0 Å². The van der Waals surface area contributed by atoms with Gasteiger partial charge >= 0.3 is 0 Å². The molecule has 5 nitrogen and oxygen atoms in total. The fourth-order valence-corrected chi connectivity index (χ4v) is 0.626. The third kappa shape index (κ3) is 1.49. The molecule has 0 spiro atoms. The first-order valence-corrected chi connectivity index (χ1v) is 3.05. The Labute approximate surface area is 64.1 Å². The van der Waals surface area contributed by atoms with Crippen molar-refractivity contribution in [2.24, 2.45) is 0 Å². The summed E-state index contributed by atoms with van der Waals surface area (Å²) in [4.78, 5) is 7.49. The van der Waals surface area contributed by atoms with E-state index in [1.165, 1.54) is 13.3 Å². The predicted molar refractivity (Wildman–Crippen MR) is 39.8 cm³/mol. The van der Waals surface area contributed by atoms with E-state index in [0.717, 1.165) is 0 Å². The summed E-state index contributed by atoms with van der Waals surface area (Å²) in [5.41, 5.74) is 0. The number of ether oxygens (including phenoxy) is 1. The van der Waals surface area contributed by atoms with Crippen LogP contribution in [0.3, 0.4) is 0 Å². The minimum absolute atomic E-state index is 0.160. The van der Waals surface area contributed by atoms with Gasteiger partial charge < -0.3 is 15.2 Å². The van der Waals surface area contributed by atoms with Gasteiger partial charge in [0.25, 0.3) is 5.88 Å². The van der Waals surface area contributed by atoms with Gasteiger partial charge in [-0.05, 0) is 0 Å². The lowest BCUT2D eigenvalue weighted by Crippen LogP contribution is -1.96. The first-order valence-electron chi connectivity index (χ1n) is 3.05. The Morgan fingerprint density at radius 2 is 2.36 bits per heavy atom. The molecule has 1 heterocycles. The molecule has 0 unspecified atom stereocenters. The van der Waals surface area contributed by atoms with Crippen LogP contribution in [0.1, 0.15) is 0 Å². The van der Waals surface area contributed by atoms with Gasteiger partial charge in [-0.3, -0.25) is 0 Å². The fourth-order valence-electron chi connectivity index (χ4n) is 0.626. The average Bonchev–Trinajstić information content (AvgIpc) is 2.04. The SMILES string of the molecule is CNc1ncc(OC)c(O)n1. The van der Waals surface area contributed by atoms with E-state index in [0.29, 0.717) is 5.95 Å². The number of hydrogen-bond donors (Lipinski definition) is 2. The van der Waals surface area contributed by atoms with E-state index in [1.807, 2.05) is 0 Å². The highest BCUT2D eigenvalue weighted by molar-refractivity contribution is 5.36. The Morgan fingerprint density at radius 3 is 2.82 bits per heavy atom. The Kier molecular flexibility index (Phi) is 2.10. The molecule has 0 fully saturated rings. The molecule has 0 saturated carbocycles. The maximum atomic E-state index is 9.11. The van der Waals surface area contributed by atoms with Gasteiger partial charge in [0.2, 0.25) is 5.95 Å². The molecule has 0 atom stereocenters. The smallest absolute Gasteiger partial charge is 0.259 e. The van der Waals surface area contributed by atoms with Crippen LogP contribution in [0.4, 0.5) is 5.95 Å². The summed E-state index contributed by atoms with van der Waals surface area (Å²) in [6.45, 7) is 0. The zero-order valence-electron chi connectivity index (χ0n) is 6.33. The number of methoxy groups -OCH3 is 1. The summed E-state index contributed by atoms with van der Waals surface area (Å²) in [7, 11) is 3.11. The van der Waals surface area contributed by atoms with Gasteiger partial charge in [0.05, 0.1) is 13.3 Å². The van der Waals surface area contributed by atoms with Crippen LogP contribution in [-0.4, -0.2) is 29.2 Å². The largest absolute Gasteiger partial charge is 0.491 e. The molecule has 0 aliphatic carbocycles. The minimum Gasteiger partial charge on any atom is -0.491 e. The maximum Gasteiger partial charge on any atom is 0.259 e. The van der Waals surface area contributed by atoms with Crippen LogP contribution in [0.2, 0.25) is 0 Å². The second kappa shape index (κ2) is 3.05. The molecule has 60 valence electrons. The summed E-state index contributed by atoms with van der Waals surface area (Å²) in [6, 6.07) is 0. The van der Waals surface area contributed by atoms with Crippen molar-refractivity contribution in [2.75, 3.05) is 19.5 Å². The van der Waals surface area contributed by atoms with Crippen molar-refractivity contribution in [3.05, 3.63) is 6.20 Å². The highest BCUT2D eigenvalue weighted by Crippen LogP contribution is 2.21. The minimum atomic E-state index is -0.160. The molecule has 0 aliphatic heterocycles. The Morgan fingerprint density at radius 1 is 1.64 bits per heavy atom. The second-order valence-electron chi connectivity index (χ2n) is 1.84. The Balaban J connectivity index is 2.99. The topological polar surface area (TPSA) is 67.3 Å². The molecule has 0 radical (unpaired) electrons. The number of anilines is 1. The van der Waals surface area contributed by atoms with Crippen LogP contribution in [0.25, 0.3) is 0 Å². The van der Waals surface area contributed by atoms with E-state index in [9.17, 15) is 0 Å². The quantitative estimate of drug-likeness (QED) is 0.640. The van der Waals surface area contributed by atoms with Crippen LogP contribution < -0.4 is 10.1 Å². The molecule has 0 amide bonds. The highest BCUT2D eigenvalue weighted by Gasteiger charge is 2.03. The fraction of sp³-hybridized carbons (Fsp3) is 0.333. The molecule has 0 saturated heterocycles. The third-order valence-electron chi connectivity index (χ3n) is 1.18. The molecular weight excluding hydrogens is 146 g/mol. The van der Waals surface area contributed by atoms with Crippen molar-refractivity contribution in [1.82, 2.24) is 9.97 Å². The second-order valence-corrected chi connectivity index (χ2v) is 1.84. The first kappa shape index (κ1) is 7.59. The lowest BCUT2D eigenvalue weighted by molar-refractivity contribution is 0.361. The van der Waals surface area contributed by atoms with Crippen LogP contribution in [-0.2, 0) is 0 Å². The zero-order chi connectivity index (χ0) is 8.27. The molecule has 0 bridgehead atoms. The van der Waals surface area contributed by atoms with E-state index in [1.54, 1.807) is 7.05 Å². The van der Waals surface area contributed by atoms with Crippen molar-refractivity contribution in [2.45, 2.75) is 0 Å². The average molecular weight is 155 g/mol.